The van der Waals surface area contributed by atoms with Crippen LogP contribution in [0.2, 0.25) is 0 Å². The predicted molar refractivity (Wildman–Crippen MR) is 132 cm³/mol. The second-order valence-corrected chi connectivity index (χ2v) is 7.93. The van der Waals surface area contributed by atoms with Crippen molar-refractivity contribution in [2.24, 2.45) is 4.99 Å². The minimum atomic E-state index is 0. The molecular weight excluding hydrogens is 493 g/mol. The smallest absolute Gasteiger partial charge is 0.194 e. The predicted octanol–water partition coefficient (Wildman–Crippen LogP) is 3.97. The number of nitrogens with zero attached hydrogens (tertiary/aromatic N) is 2. The standard InChI is InChI=1S/C23H37N3O3.HI/c1-3-24-23(25-16-19-7-6-8-20(15-19)17-27-2)26-12-10-21(11-13-26)29-18-22-9-4-5-14-28-22;/h6-8,15,21-22H,3-5,9-14,16-18H2,1-2H3,(H,24,25);1H. The first-order valence-corrected chi connectivity index (χ1v) is 11.1. The van der Waals surface area contributed by atoms with E-state index in [0.29, 0.717) is 25.4 Å². The third-order valence-corrected chi connectivity index (χ3v) is 5.58. The monoisotopic (exact) mass is 531 g/mol. The molecule has 0 aliphatic carbocycles. The fraction of sp³-hybridized carbons (Fsp3) is 0.696. The highest BCUT2D eigenvalue weighted by Gasteiger charge is 2.23. The molecular formula is C23H38IN3O3. The number of methoxy groups -OCH3 is 1. The number of ether oxygens (including phenoxy) is 3. The Kier molecular flexibility index (Phi) is 12.0. The van der Waals surface area contributed by atoms with Gasteiger partial charge in [-0.1, -0.05) is 24.3 Å². The first kappa shape index (κ1) is 25.4. The van der Waals surface area contributed by atoms with Gasteiger partial charge < -0.3 is 24.4 Å². The average Bonchev–Trinajstić information content (AvgIpc) is 2.77. The van der Waals surface area contributed by atoms with Crippen molar-refractivity contribution in [2.75, 3.05) is 40.0 Å². The van der Waals surface area contributed by atoms with Crippen LogP contribution in [0, 0.1) is 0 Å². The lowest BCUT2D eigenvalue weighted by molar-refractivity contribution is -0.0721. The molecule has 0 aromatic heterocycles. The molecule has 0 radical (unpaired) electrons. The summed E-state index contributed by atoms with van der Waals surface area (Å²) in [6, 6.07) is 8.46. The van der Waals surface area contributed by atoms with Crippen LogP contribution in [-0.4, -0.2) is 63.0 Å². The van der Waals surface area contributed by atoms with Gasteiger partial charge in [-0.25, -0.2) is 4.99 Å². The van der Waals surface area contributed by atoms with Gasteiger partial charge in [0.05, 0.1) is 32.0 Å². The van der Waals surface area contributed by atoms with Gasteiger partial charge in [0, 0.05) is 33.4 Å². The summed E-state index contributed by atoms with van der Waals surface area (Å²) >= 11 is 0. The van der Waals surface area contributed by atoms with E-state index in [1.54, 1.807) is 7.11 Å². The van der Waals surface area contributed by atoms with Crippen molar-refractivity contribution in [2.45, 2.75) is 64.4 Å². The Bertz CT molecular complexity index is 630. The molecule has 2 saturated heterocycles. The fourth-order valence-corrected chi connectivity index (χ4v) is 3.99. The maximum Gasteiger partial charge on any atom is 0.194 e. The molecule has 6 nitrogen and oxygen atoms in total. The first-order valence-electron chi connectivity index (χ1n) is 11.1. The van der Waals surface area contributed by atoms with Crippen LogP contribution in [0.1, 0.15) is 50.2 Å². The van der Waals surface area contributed by atoms with E-state index in [1.165, 1.54) is 24.0 Å². The minimum Gasteiger partial charge on any atom is -0.380 e. The maximum atomic E-state index is 6.15. The van der Waals surface area contributed by atoms with Gasteiger partial charge in [0.25, 0.3) is 0 Å². The van der Waals surface area contributed by atoms with Crippen LogP contribution >= 0.6 is 24.0 Å². The van der Waals surface area contributed by atoms with Gasteiger partial charge in [0.15, 0.2) is 5.96 Å². The molecule has 2 aliphatic heterocycles. The van der Waals surface area contributed by atoms with Crippen LogP contribution in [0.25, 0.3) is 0 Å². The number of aliphatic imine (C=N–C) groups is 1. The highest BCUT2D eigenvalue weighted by atomic mass is 127. The Morgan fingerprint density at radius 1 is 1.20 bits per heavy atom. The van der Waals surface area contributed by atoms with Crippen molar-refractivity contribution in [3.05, 3.63) is 35.4 Å². The molecule has 1 aromatic rings. The van der Waals surface area contributed by atoms with E-state index in [0.717, 1.165) is 58.1 Å². The summed E-state index contributed by atoms with van der Waals surface area (Å²) in [6.45, 7) is 7.90. The van der Waals surface area contributed by atoms with Gasteiger partial charge in [-0.05, 0) is 50.2 Å². The summed E-state index contributed by atoms with van der Waals surface area (Å²) < 4.78 is 17.2. The molecule has 0 amide bonds. The molecule has 1 N–H and O–H groups in total. The van der Waals surface area contributed by atoms with E-state index >= 15 is 0 Å². The van der Waals surface area contributed by atoms with Crippen molar-refractivity contribution < 1.29 is 14.2 Å². The van der Waals surface area contributed by atoms with Crippen LogP contribution in [0.15, 0.2) is 29.3 Å². The van der Waals surface area contributed by atoms with Crippen LogP contribution < -0.4 is 5.32 Å². The number of guanidine groups is 1. The Balaban J connectivity index is 0.00000320. The van der Waals surface area contributed by atoms with Gasteiger partial charge >= 0.3 is 0 Å². The molecule has 2 fully saturated rings. The van der Waals surface area contributed by atoms with E-state index in [9.17, 15) is 0 Å². The van der Waals surface area contributed by atoms with Crippen molar-refractivity contribution in [3.8, 4) is 0 Å². The first-order chi connectivity index (χ1) is 14.3. The van der Waals surface area contributed by atoms with Crippen molar-refractivity contribution >= 4 is 29.9 Å². The molecule has 0 bridgehead atoms. The van der Waals surface area contributed by atoms with Gasteiger partial charge in [-0.2, -0.15) is 0 Å². The number of piperidine rings is 1. The number of hydrogen-bond donors (Lipinski definition) is 1. The van der Waals surface area contributed by atoms with Crippen LogP contribution in [-0.2, 0) is 27.4 Å². The lowest BCUT2D eigenvalue weighted by atomic mass is 10.1. The van der Waals surface area contributed by atoms with Crippen molar-refractivity contribution in [1.29, 1.82) is 0 Å². The molecule has 3 rings (SSSR count). The molecule has 1 atom stereocenters. The van der Waals surface area contributed by atoms with Gasteiger partial charge in [0.2, 0.25) is 0 Å². The van der Waals surface area contributed by atoms with Gasteiger partial charge in [0.1, 0.15) is 0 Å². The minimum absolute atomic E-state index is 0. The number of nitrogens with one attached hydrogen (secondary N) is 1. The number of likely N-dealkylation sites (tertiary alicyclic amines) is 1. The third kappa shape index (κ3) is 8.32. The second kappa shape index (κ2) is 14.2. The Morgan fingerprint density at radius 2 is 2.00 bits per heavy atom. The summed E-state index contributed by atoms with van der Waals surface area (Å²) in [5, 5.41) is 3.45. The molecule has 0 saturated carbocycles. The van der Waals surface area contributed by atoms with E-state index in [1.807, 2.05) is 0 Å². The quantitative estimate of drug-likeness (QED) is 0.313. The van der Waals surface area contributed by atoms with E-state index in [-0.39, 0.29) is 24.0 Å². The topological polar surface area (TPSA) is 55.3 Å². The Labute approximate surface area is 198 Å². The number of hydrogen-bond acceptors (Lipinski definition) is 4. The molecule has 0 spiro atoms. The lowest BCUT2D eigenvalue weighted by Crippen LogP contribution is -2.47. The summed E-state index contributed by atoms with van der Waals surface area (Å²) in [7, 11) is 1.73. The van der Waals surface area contributed by atoms with Gasteiger partial charge in [-0.3, -0.25) is 0 Å². The van der Waals surface area contributed by atoms with Crippen LogP contribution in [0.4, 0.5) is 0 Å². The summed E-state index contributed by atoms with van der Waals surface area (Å²) in [5.41, 5.74) is 2.39. The molecule has 30 heavy (non-hydrogen) atoms. The molecule has 2 aliphatic rings. The summed E-state index contributed by atoms with van der Waals surface area (Å²) in [4.78, 5) is 7.24. The zero-order chi connectivity index (χ0) is 20.3. The normalized spacial score (nSPS) is 20.7. The second-order valence-electron chi connectivity index (χ2n) is 7.93. The maximum absolute atomic E-state index is 6.15. The third-order valence-electron chi connectivity index (χ3n) is 5.58. The molecule has 170 valence electrons. The lowest BCUT2D eigenvalue weighted by Gasteiger charge is -2.35. The zero-order valence-electron chi connectivity index (χ0n) is 18.5. The van der Waals surface area contributed by atoms with E-state index < -0.39 is 0 Å². The highest BCUT2D eigenvalue weighted by Crippen LogP contribution is 2.18. The number of rotatable bonds is 8. The van der Waals surface area contributed by atoms with Gasteiger partial charge in [-0.15, -0.1) is 24.0 Å². The van der Waals surface area contributed by atoms with Crippen molar-refractivity contribution in [1.82, 2.24) is 10.2 Å². The highest BCUT2D eigenvalue weighted by molar-refractivity contribution is 14.0. The number of halogens is 1. The molecule has 7 heteroatoms. The molecule has 1 unspecified atom stereocenters. The summed E-state index contributed by atoms with van der Waals surface area (Å²) in [6.07, 6.45) is 6.32. The zero-order valence-corrected chi connectivity index (χ0v) is 20.8. The van der Waals surface area contributed by atoms with E-state index in [2.05, 4.69) is 41.4 Å². The molecule has 2 heterocycles. The Hall–Kier alpha value is -0.900. The molecule has 1 aromatic carbocycles. The summed E-state index contributed by atoms with van der Waals surface area (Å²) in [5.74, 6) is 0.999. The average molecular weight is 531 g/mol. The van der Waals surface area contributed by atoms with Crippen molar-refractivity contribution in [3.63, 3.8) is 0 Å². The number of benzene rings is 1. The van der Waals surface area contributed by atoms with E-state index in [4.69, 9.17) is 19.2 Å². The Morgan fingerprint density at radius 3 is 2.70 bits per heavy atom. The SMILES string of the molecule is CCNC(=NCc1cccc(COC)c1)N1CCC(OCC2CCCCO2)CC1.I. The van der Waals surface area contributed by atoms with Crippen LogP contribution in [0.5, 0.6) is 0 Å². The fourth-order valence-electron chi connectivity index (χ4n) is 3.99. The largest absolute Gasteiger partial charge is 0.380 e. The van der Waals surface area contributed by atoms with Crippen LogP contribution in [0.3, 0.4) is 0 Å².